The first-order valence-electron chi connectivity index (χ1n) is 6.57. The molecule has 3 nitrogen and oxygen atoms in total. The van der Waals surface area contributed by atoms with Crippen LogP contribution in [0, 0.1) is 0 Å². The van der Waals surface area contributed by atoms with Crippen molar-refractivity contribution in [2.45, 2.75) is 18.1 Å². The van der Waals surface area contributed by atoms with Crippen LogP contribution in [-0.4, -0.2) is 31.5 Å². The topological polar surface area (TPSA) is 38.7 Å². The van der Waals surface area contributed by atoms with Crippen molar-refractivity contribution in [2.75, 3.05) is 14.2 Å². The number of aliphatic hydroxyl groups is 1. The van der Waals surface area contributed by atoms with Gasteiger partial charge in [0.05, 0.1) is 7.11 Å². The molecule has 0 unspecified atom stereocenters. The Morgan fingerprint density at radius 2 is 1.90 bits per heavy atom. The van der Waals surface area contributed by atoms with Crippen LogP contribution in [0.4, 0.5) is 0 Å². The molecule has 0 bridgehead atoms. The molecule has 0 heterocycles. The highest BCUT2D eigenvalue weighted by atomic mass is 16.5. The van der Waals surface area contributed by atoms with Crippen molar-refractivity contribution in [1.82, 2.24) is 0 Å². The van der Waals surface area contributed by atoms with Gasteiger partial charge in [0, 0.05) is 13.0 Å². The molecule has 1 aliphatic rings. The summed E-state index contributed by atoms with van der Waals surface area (Å²) in [6, 6.07) is 10.0. The maximum absolute atomic E-state index is 10.1. The van der Waals surface area contributed by atoms with Crippen LogP contribution in [-0.2, 0) is 9.47 Å². The maximum Gasteiger partial charge on any atom is 0.129 e. The summed E-state index contributed by atoms with van der Waals surface area (Å²) >= 11 is 0. The highest BCUT2D eigenvalue weighted by molar-refractivity contribution is 5.41. The van der Waals surface area contributed by atoms with Crippen molar-refractivity contribution in [3.05, 3.63) is 72.0 Å². The predicted octanol–water partition coefficient (Wildman–Crippen LogP) is 2.80. The van der Waals surface area contributed by atoms with Gasteiger partial charge < -0.3 is 14.6 Å². The Labute approximate surface area is 119 Å². The third-order valence-electron chi connectivity index (χ3n) is 3.53. The van der Waals surface area contributed by atoms with E-state index < -0.39 is 6.10 Å². The normalized spacial score (nSPS) is 23.6. The highest BCUT2D eigenvalue weighted by Crippen LogP contribution is 2.33. The standard InChI is InChI=1S/C17H20O3/c1-4-13(12-8-6-5-7-9-12)14-10-15(18)17(20-3)11-16(14)19-2/h4-11,13,15-16,18H,1H2,2-3H3/t13-,15-,16+/m1/s1. The second-order valence-corrected chi connectivity index (χ2v) is 4.67. The summed E-state index contributed by atoms with van der Waals surface area (Å²) in [5.41, 5.74) is 2.10. The van der Waals surface area contributed by atoms with Gasteiger partial charge in [0.25, 0.3) is 0 Å². The van der Waals surface area contributed by atoms with Gasteiger partial charge in [-0.25, -0.2) is 0 Å². The number of ether oxygens (including phenoxy) is 2. The number of aliphatic hydroxyl groups excluding tert-OH is 1. The molecule has 0 saturated heterocycles. The first-order valence-corrected chi connectivity index (χ1v) is 6.57. The number of rotatable bonds is 5. The van der Waals surface area contributed by atoms with Crippen LogP contribution < -0.4 is 0 Å². The van der Waals surface area contributed by atoms with Crippen molar-refractivity contribution in [2.24, 2.45) is 0 Å². The van der Waals surface area contributed by atoms with Gasteiger partial charge in [-0.05, 0) is 23.3 Å². The quantitative estimate of drug-likeness (QED) is 0.838. The van der Waals surface area contributed by atoms with Gasteiger partial charge >= 0.3 is 0 Å². The van der Waals surface area contributed by atoms with Gasteiger partial charge in [-0.2, -0.15) is 0 Å². The molecule has 1 aromatic rings. The number of hydrogen-bond donors (Lipinski definition) is 1. The van der Waals surface area contributed by atoms with Crippen LogP contribution in [0.3, 0.4) is 0 Å². The Bertz CT molecular complexity index is 516. The molecule has 0 aromatic heterocycles. The highest BCUT2D eigenvalue weighted by Gasteiger charge is 2.28. The van der Waals surface area contributed by atoms with Crippen molar-refractivity contribution >= 4 is 0 Å². The largest absolute Gasteiger partial charge is 0.498 e. The molecule has 2 rings (SSSR count). The lowest BCUT2D eigenvalue weighted by Crippen LogP contribution is -2.26. The fraction of sp³-hybridized carbons (Fsp3) is 0.294. The summed E-state index contributed by atoms with van der Waals surface area (Å²) < 4.78 is 10.7. The Morgan fingerprint density at radius 3 is 2.45 bits per heavy atom. The van der Waals surface area contributed by atoms with E-state index in [4.69, 9.17) is 9.47 Å². The number of hydrogen-bond acceptors (Lipinski definition) is 3. The van der Waals surface area contributed by atoms with Gasteiger partial charge in [-0.15, -0.1) is 6.58 Å². The lowest BCUT2D eigenvalue weighted by atomic mass is 9.84. The molecule has 106 valence electrons. The van der Waals surface area contributed by atoms with E-state index in [9.17, 15) is 5.11 Å². The van der Waals surface area contributed by atoms with Crippen LogP contribution in [0.25, 0.3) is 0 Å². The second kappa shape index (κ2) is 6.55. The number of allylic oxidation sites excluding steroid dienone is 1. The summed E-state index contributed by atoms with van der Waals surface area (Å²) in [5.74, 6) is 0.516. The molecule has 0 fully saturated rings. The van der Waals surface area contributed by atoms with Crippen molar-refractivity contribution in [3.8, 4) is 0 Å². The van der Waals surface area contributed by atoms with Crippen molar-refractivity contribution in [1.29, 1.82) is 0 Å². The van der Waals surface area contributed by atoms with Gasteiger partial charge in [0.15, 0.2) is 0 Å². The predicted molar refractivity (Wildman–Crippen MR) is 79.4 cm³/mol. The minimum atomic E-state index is -0.743. The first kappa shape index (κ1) is 14.6. The molecule has 20 heavy (non-hydrogen) atoms. The van der Waals surface area contributed by atoms with E-state index in [0.29, 0.717) is 5.76 Å². The van der Waals surface area contributed by atoms with E-state index in [2.05, 4.69) is 6.58 Å². The fourth-order valence-corrected chi connectivity index (χ4v) is 2.50. The zero-order valence-electron chi connectivity index (χ0n) is 11.8. The minimum absolute atomic E-state index is 0.00505. The maximum atomic E-state index is 10.1. The molecule has 0 aliphatic heterocycles. The van der Waals surface area contributed by atoms with E-state index >= 15 is 0 Å². The molecular formula is C17H20O3. The molecule has 0 spiro atoms. The molecule has 1 aromatic carbocycles. The van der Waals surface area contributed by atoms with E-state index in [1.165, 1.54) is 0 Å². The third kappa shape index (κ3) is 2.84. The molecule has 1 N–H and O–H groups in total. The second-order valence-electron chi connectivity index (χ2n) is 4.67. The fourth-order valence-electron chi connectivity index (χ4n) is 2.50. The third-order valence-corrected chi connectivity index (χ3v) is 3.53. The summed E-state index contributed by atoms with van der Waals surface area (Å²) in [5, 5.41) is 10.1. The first-order chi connectivity index (χ1) is 9.71. The lowest BCUT2D eigenvalue weighted by molar-refractivity contribution is 0.122. The van der Waals surface area contributed by atoms with Crippen LogP contribution in [0.2, 0.25) is 0 Å². The molecule has 0 radical (unpaired) electrons. The van der Waals surface area contributed by atoms with E-state index in [0.717, 1.165) is 11.1 Å². The Hall–Kier alpha value is -1.84. The van der Waals surface area contributed by atoms with Gasteiger partial charge in [-0.3, -0.25) is 0 Å². The zero-order valence-corrected chi connectivity index (χ0v) is 11.8. The summed E-state index contributed by atoms with van der Waals surface area (Å²) in [6.45, 7) is 3.92. The minimum Gasteiger partial charge on any atom is -0.498 e. The van der Waals surface area contributed by atoms with Gasteiger partial charge in [-0.1, -0.05) is 36.4 Å². The lowest BCUT2D eigenvalue weighted by Gasteiger charge is -2.28. The Kier molecular flexibility index (Phi) is 4.77. The molecule has 1 aliphatic carbocycles. The van der Waals surface area contributed by atoms with E-state index in [-0.39, 0.29) is 12.0 Å². The van der Waals surface area contributed by atoms with Crippen molar-refractivity contribution in [3.63, 3.8) is 0 Å². The van der Waals surface area contributed by atoms with E-state index in [1.54, 1.807) is 26.4 Å². The summed E-state index contributed by atoms with van der Waals surface area (Å²) in [6.07, 6.45) is 4.49. The Morgan fingerprint density at radius 1 is 1.20 bits per heavy atom. The Balaban J connectivity index is 2.37. The van der Waals surface area contributed by atoms with Crippen LogP contribution in [0.5, 0.6) is 0 Å². The smallest absolute Gasteiger partial charge is 0.129 e. The molecule has 0 saturated carbocycles. The monoisotopic (exact) mass is 272 g/mol. The van der Waals surface area contributed by atoms with Crippen molar-refractivity contribution < 1.29 is 14.6 Å². The molecular weight excluding hydrogens is 252 g/mol. The average molecular weight is 272 g/mol. The van der Waals surface area contributed by atoms with Gasteiger partial charge in [0.1, 0.15) is 18.0 Å². The SMILES string of the molecule is C=C[C@@H](C1=C[C@@H](O)C(OC)=C[C@@H]1OC)c1ccccc1. The number of methoxy groups -OCH3 is 2. The number of benzene rings is 1. The summed E-state index contributed by atoms with van der Waals surface area (Å²) in [7, 11) is 3.19. The zero-order chi connectivity index (χ0) is 14.5. The molecule has 3 heteroatoms. The van der Waals surface area contributed by atoms with Crippen LogP contribution in [0.15, 0.2) is 66.5 Å². The van der Waals surface area contributed by atoms with Crippen LogP contribution >= 0.6 is 0 Å². The van der Waals surface area contributed by atoms with Gasteiger partial charge in [0.2, 0.25) is 0 Å². The van der Waals surface area contributed by atoms with E-state index in [1.807, 2.05) is 36.4 Å². The average Bonchev–Trinajstić information content (AvgIpc) is 2.49. The molecule has 0 amide bonds. The molecule has 3 atom stereocenters. The van der Waals surface area contributed by atoms with Crippen LogP contribution in [0.1, 0.15) is 11.5 Å². The summed E-state index contributed by atoms with van der Waals surface area (Å²) in [4.78, 5) is 0.